The van der Waals surface area contributed by atoms with Crippen LogP contribution in [0.25, 0.3) is 0 Å². The third kappa shape index (κ3) is 5.67. The lowest BCUT2D eigenvalue weighted by Gasteiger charge is -2.17. The van der Waals surface area contributed by atoms with Gasteiger partial charge in [0.15, 0.2) is 0 Å². The molecule has 1 atom stereocenters. The molecular weight excluding hydrogens is 233 g/mol. The minimum absolute atomic E-state index is 0.0634. The molecule has 98 valence electrons. The van der Waals surface area contributed by atoms with Gasteiger partial charge in [0.25, 0.3) is 0 Å². The lowest BCUT2D eigenvalue weighted by Crippen LogP contribution is -2.32. The number of hydrogen-bond acceptors (Lipinski definition) is 3. The van der Waals surface area contributed by atoms with Crippen LogP contribution in [0.5, 0.6) is 0 Å². The Morgan fingerprint density at radius 3 is 2.65 bits per heavy atom. The van der Waals surface area contributed by atoms with Crippen LogP contribution in [0, 0.1) is 0 Å². The van der Waals surface area contributed by atoms with Gasteiger partial charge < -0.3 is 5.32 Å². The highest BCUT2D eigenvalue weighted by molar-refractivity contribution is 4.95. The van der Waals surface area contributed by atoms with Gasteiger partial charge in [-0.25, -0.2) is 0 Å². The van der Waals surface area contributed by atoms with Gasteiger partial charge in [0.2, 0.25) is 0 Å². The highest BCUT2D eigenvalue weighted by atomic mass is 19.4. The first-order chi connectivity index (χ1) is 7.90. The van der Waals surface area contributed by atoms with E-state index in [1.165, 1.54) is 0 Å². The van der Waals surface area contributed by atoms with Crippen molar-refractivity contribution in [3.8, 4) is 0 Å². The van der Waals surface area contributed by atoms with E-state index in [0.717, 1.165) is 0 Å². The number of aryl methyl sites for hydroxylation is 1. The van der Waals surface area contributed by atoms with Crippen molar-refractivity contribution in [3.63, 3.8) is 0 Å². The van der Waals surface area contributed by atoms with Gasteiger partial charge in [-0.05, 0) is 13.0 Å². The van der Waals surface area contributed by atoms with E-state index in [1.807, 2.05) is 6.92 Å². The SMILES string of the molecule is CCNC(CCC(F)(F)F)Cc1cn(C)nn1. The Morgan fingerprint density at radius 2 is 2.18 bits per heavy atom. The number of nitrogens with zero attached hydrogens (tertiary/aromatic N) is 3. The van der Waals surface area contributed by atoms with Crippen molar-refractivity contribution in [3.05, 3.63) is 11.9 Å². The lowest BCUT2D eigenvalue weighted by atomic mass is 10.1. The molecule has 0 amide bonds. The zero-order valence-corrected chi connectivity index (χ0v) is 9.96. The minimum Gasteiger partial charge on any atom is -0.314 e. The third-order valence-electron chi connectivity index (χ3n) is 2.37. The summed E-state index contributed by atoms with van der Waals surface area (Å²) in [5.74, 6) is 0. The van der Waals surface area contributed by atoms with Crippen molar-refractivity contribution in [2.75, 3.05) is 6.54 Å². The fourth-order valence-electron chi connectivity index (χ4n) is 1.64. The minimum atomic E-state index is -4.10. The van der Waals surface area contributed by atoms with Crippen LogP contribution < -0.4 is 5.32 Å². The third-order valence-corrected chi connectivity index (χ3v) is 2.37. The predicted molar refractivity (Wildman–Crippen MR) is 57.5 cm³/mol. The van der Waals surface area contributed by atoms with Crippen molar-refractivity contribution in [2.24, 2.45) is 7.05 Å². The summed E-state index contributed by atoms with van der Waals surface area (Å²) in [5.41, 5.74) is 0.709. The average Bonchev–Trinajstić information content (AvgIpc) is 2.60. The molecule has 17 heavy (non-hydrogen) atoms. The largest absolute Gasteiger partial charge is 0.389 e. The molecule has 1 aromatic rings. The molecule has 0 aliphatic heterocycles. The molecule has 0 aliphatic carbocycles. The first kappa shape index (κ1) is 14.0. The van der Waals surface area contributed by atoms with Crippen LogP contribution in [0.15, 0.2) is 6.20 Å². The molecule has 0 saturated carbocycles. The topological polar surface area (TPSA) is 42.7 Å². The Balaban J connectivity index is 2.48. The maximum atomic E-state index is 12.1. The van der Waals surface area contributed by atoms with Crippen LogP contribution in [-0.4, -0.2) is 33.8 Å². The molecule has 1 heterocycles. The number of nitrogens with one attached hydrogen (secondary N) is 1. The van der Waals surface area contributed by atoms with Crippen molar-refractivity contribution in [1.82, 2.24) is 20.3 Å². The van der Waals surface area contributed by atoms with Gasteiger partial charge in [-0.2, -0.15) is 13.2 Å². The van der Waals surface area contributed by atoms with E-state index in [2.05, 4.69) is 15.6 Å². The molecule has 1 N–H and O–H groups in total. The van der Waals surface area contributed by atoms with E-state index in [0.29, 0.717) is 18.7 Å². The van der Waals surface area contributed by atoms with Gasteiger partial charge >= 0.3 is 6.18 Å². The number of aromatic nitrogens is 3. The standard InChI is InChI=1S/C10H17F3N4/c1-3-14-8(4-5-10(11,12)13)6-9-7-17(2)16-15-9/h7-8,14H,3-6H2,1-2H3. The molecule has 4 nitrogen and oxygen atoms in total. The summed E-state index contributed by atoms with van der Waals surface area (Å²) in [6.45, 7) is 2.51. The summed E-state index contributed by atoms with van der Waals surface area (Å²) in [6.07, 6.45) is -2.62. The zero-order chi connectivity index (χ0) is 12.9. The second kappa shape index (κ2) is 6.00. The Morgan fingerprint density at radius 1 is 1.47 bits per heavy atom. The molecule has 1 aromatic heterocycles. The monoisotopic (exact) mass is 250 g/mol. The first-order valence-corrected chi connectivity index (χ1v) is 5.56. The van der Waals surface area contributed by atoms with Crippen LogP contribution in [-0.2, 0) is 13.5 Å². The summed E-state index contributed by atoms with van der Waals surface area (Å²) in [6, 6.07) is -0.210. The number of hydrogen-bond donors (Lipinski definition) is 1. The second-order valence-corrected chi connectivity index (χ2v) is 4.00. The van der Waals surface area contributed by atoms with E-state index in [1.54, 1.807) is 17.9 Å². The molecule has 0 aliphatic rings. The maximum Gasteiger partial charge on any atom is 0.389 e. The van der Waals surface area contributed by atoms with Gasteiger partial charge in [-0.3, -0.25) is 4.68 Å². The summed E-state index contributed by atoms with van der Waals surface area (Å²) in [5, 5.41) is 10.7. The van der Waals surface area contributed by atoms with Crippen LogP contribution >= 0.6 is 0 Å². The molecule has 1 rings (SSSR count). The Bertz CT molecular complexity index is 335. The Kier molecular flexibility index (Phi) is 4.92. The molecule has 0 radical (unpaired) electrons. The molecular formula is C10H17F3N4. The van der Waals surface area contributed by atoms with Crippen LogP contribution in [0.3, 0.4) is 0 Å². The van der Waals surface area contributed by atoms with Crippen molar-refractivity contribution in [1.29, 1.82) is 0 Å². The number of alkyl halides is 3. The Hall–Kier alpha value is -1.11. The second-order valence-electron chi connectivity index (χ2n) is 4.00. The van der Waals surface area contributed by atoms with Gasteiger partial charge in [0.1, 0.15) is 0 Å². The highest BCUT2D eigenvalue weighted by Crippen LogP contribution is 2.22. The molecule has 0 bridgehead atoms. The van der Waals surface area contributed by atoms with Crippen LogP contribution in [0.1, 0.15) is 25.5 Å². The molecule has 0 spiro atoms. The average molecular weight is 250 g/mol. The normalized spacial score (nSPS) is 13.9. The molecule has 0 saturated heterocycles. The molecule has 7 heteroatoms. The van der Waals surface area contributed by atoms with Crippen LogP contribution in [0.2, 0.25) is 0 Å². The van der Waals surface area contributed by atoms with Gasteiger partial charge in [0.05, 0.1) is 5.69 Å². The van der Waals surface area contributed by atoms with E-state index in [-0.39, 0.29) is 12.5 Å². The van der Waals surface area contributed by atoms with Gasteiger partial charge in [-0.1, -0.05) is 12.1 Å². The maximum absolute atomic E-state index is 12.1. The first-order valence-electron chi connectivity index (χ1n) is 5.56. The molecule has 0 fully saturated rings. The summed E-state index contributed by atoms with van der Waals surface area (Å²) < 4.78 is 38.0. The summed E-state index contributed by atoms with van der Waals surface area (Å²) in [7, 11) is 1.73. The van der Waals surface area contributed by atoms with Gasteiger partial charge in [0, 0.05) is 32.1 Å². The predicted octanol–water partition coefficient (Wildman–Crippen LogP) is 1.68. The fraction of sp³-hybridized carbons (Fsp3) is 0.800. The molecule has 1 unspecified atom stereocenters. The van der Waals surface area contributed by atoms with E-state index in [9.17, 15) is 13.2 Å². The van der Waals surface area contributed by atoms with E-state index < -0.39 is 12.6 Å². The van der Waals surface area contributed by atoms with Crippen molar-refractivity contribution < 1.29 is 13.2 Å². The quantitative estimate of drug-likeness (QED) is 0.835. The number of likely N-dealkylation sites (N-methyl/N-ethyl adjacent to an activating group) is 1. The van der Waals surface area contributed by atoms with Crippen molar-refractivity contribution in [2.45, 2.75) is 38.4 Å². The van der Waals surface area contributed by atoms with E-state index >= 15 is 0 Å². The van der Waals surface area contributed by atoms with E-state index in [4.69, 9.17) is 0 Å². The summed E-state index contributed by atoms with van der Waals surface area (Å²) >= 11 is 0. The molecule has 0 aromatic carbocycles. The lowest BCUT2D eigenvalue weighted by molar-refractivity contribution is -0.136. The van der Waals surface area contributed by atoms with Crippen LogP contribution in [0.4, 0.5) is 13.2 Å². The van der Waals surface area contributed by atoms with Gasteiger partial charge in [-0.15, -0.1) is 5.10 Å². The smallest absolute Gasteiger partial charge is 0.314 e. The highest BCUT2D eigenvalue weighted by Gasteiger charge is 2.28. The fourth-order valence-corrected chi connectivity index (χ4v) is 1.64. The number of halogens is 3. The summed E-state index contributed by atoms with van der Waals surface area (Å²) in [4.78, 5) is 0. The number of rotatable bonds is 6. The van der Waals surface area contributed by atoms with Crippen molar-refractivity contribution >= 4 is 0 Å². The zero-order valence-electron chi connectivity index (χ0n) is 9.96. The Labute approximate surface area is 98.2 Å².